The average molecular weight is 347 g/mol. The van der Waals surface area contributed by atoms with Gasteiger partial charge in [-0.15, -0.1) is 0 Å². The fourth-order valence-corrected chi connectivity index (χ4v) is 2.84. The first-order valence-electron chi connectivity index (χ1n) is 6.56. The van der Waals surface area contributed by atoms with Crippen molar-refractivity contribution >= 4 is 27.5 Å². The molecule has 0 unspecified atom stereocenters. The van der Waals surface area contributed by atoms with E-state index in [4.69, 9.17) is 4.42 Å². The van der Waals surface area contributed by atoms with E-state index in [0.29, 0.717) is 24.4 Å². The van der Waals surface area contributed by atoms with E-state index >= 15 is 0 Å². The third-order valence-electron chi connectivity index (χ3n) is 3.60. The minimum Gasteiger partial charge on any atom is -0.469 e. The normalized spacial score (nSPS) is 14.4. The first kappa shape index (κ1) is 12.6. The zero-order valence-electron chi connectivity index (χ0n) is 11.0. The second kappa shape index (κ2) is 4.70. The molecule has 0 saturated heterocycles. The van der Waals surface area contributed by atoms with Gasteiger partial charge >= 0.3 is 0 Å². The van der Waals surface area contributed by atoms with E-state index in [0.717, 1.165) is 22.2 Å². The summed E-state index contributed by atoms with van der Waals surface area (Å²) >= 11 is 3.34. The number of amides is 1. The van der Waals surface area contributed by atoms with Crippen molar-refractivity contribution in [3.05, 3.63) is 52.3 Å². The van der Waals surface area contributed by atoms with Crippen LogP contribution in [0.4, 0.5) is 0 Å². The van der Waals surface area contributed by atoms with Gasteiger partial charge in [-0.05, 0) is 22.0 Å². The van der Waals surface area contributed by atoms with Crippen LogP contribution in [0, 0.1) is 0 Å². The summed E-state index contributed by atoms with van der Waals surface area (Å²) in [5.74, 6) is 0.892. The van der Waals surface area contributed by atoms with Gasteiger partial charge in [-0.2, -0.15) is 5.10 Å². The number of fused-ring (bicyclic) bond motifs is 2. The molecule has 0 spiro atoms. The van der Waals surface area contributed by atoms with Gasteiger partial charge in [-0.3, -0.25) is 4.79 Å². The van der Waals surface area contributed by atoms with E-state index in [2.05, 4.69) is 26.0 Å². The number of rotatable bonds is 1. The van der Waals surface area contributed by atoms with E-state index in [1.807, 2.05) is 6.07 Å². The van der Waals surface area contributed by atoms with Crippen molar-refractivity contribution in [2.75, 3.05) is 6.54 Å². The standard InChI is InChI=1S/C14H11BrN4O2/c15-10-6-16-13-5-11(17-19(13)8-10)14(20)18-3-1-12-9(7-18)2-4-21-12/h2,4-6,8H,1,3,7H2. The summed E-state index contributed by atoms with van der Waals surface area (Å²) in [7, 11) is 0. The second-order valence-corrected chi connectivity index (χ2v) is 5.87. The smallest absolute Gasteiger partial charge is 0.274 e. The molecule has 4 rings (SSSR count). The number of furan rings is 1. The molecule has 0 bridgehead atoms. The summed E-state index contributed by atoms with van der Waals surface area (Å²) in [5, 5.41) is 4.30. The summed E-state index contributed by atoms with van der Waals surface area (Å²) in [6, 6.07) is 3.62. The van der Waals surface area contributed by atoms with Gasteiger partial charge in [0.25, 0.3) is 5.91 Å². The number of halogens is 1. The molecule has 106 valence electrons. The van der Waals surface area contributed by atoms with Gasteiger partial charge in [0, 0.05) is 43.5 Å². The number of nitrogens with zero attached hydrogens (tertiary/aromatic N) is 4. The minimum absolute atomic E-state index is 0.0801. The summed E-state index contributed by atoms with van der Waals surface area (Å²) in [4.78, 5) is 18.6. The molecule has 0 N–H and O–H groups in total. The highest BCUT2D eigenvalue weighted by Crippen LogP contribution is 2.21. The highest BCUT2D eigenvalue weighted by Gasteiger charge is 2.25. The molecule has 0 saturated carbocycles. The molecule has 7 heteroatoms. The van der Waals surface area contributed by atoms with Crippen molar-refractivity contribution in [3.63, 3.8) is 0 Å². The van der Waals surface area contributed by atoms with Crippen LogP contribution in [0.3, 0.4) is 0 Å². The van der Waals surface area contributed by atoms with Crippen molar-refractivity contribution in [1.82, 2.24) is 19.5 Å². The molecular weight excluding hydrogens is 336 g/mol. The van der Waals surface area contributed by atoms with Crippen LogP contribution in [-0.2, 0) is 13.0 Å². The largest absolute Gasteiger partial charge is 0.469 e. The van der Waals surface area contributed by atoms with E-state index in [-0.39, 0.29) is 5.91 Å². The molecule has 0 aliphatic carbocycles. The number of aromatic nitrogens is 3. The topological polar surface area (TPSA) is 63.6 Å². The lowest BCUT2D eigenvalue weighted by Gasteiger charge is -2.25. The van der Waals surface area contributed by atoms with E-state index in [1.165, 1.54) is 0 Å². The Hall–Kier alpha value is -2.15. The molecule has 21 heavy (non-hydrogen) atoms. The van der Waals surface area contributed by atoms with Crippen molar-refractivity contribution in [2.24, 2.45) is 0 Å². The van der Waals surface area contributed by atoms with Crippen LogP contribution in [0.15, 0.2) is 39.7 Å². The highest BCUT2D eigenvalue weighted by atomic mass is 79.9. The quantitative estimate of drug-likeness (QED) is 0.678. The fraction of sp³-hybridized carbons (Fsp3) is 0.214. The van der Waals surface area contributed by atoms with Crippen molar-refractivity contribution in [1.29, 1.82) is 0 Å². The second-order valence-electron chi connectivity index (χ2n) is 4.95. The predicted molar refractivity (Wildman–Crippen MR) is 77.8 cm³/mol. The fourth-order valence-electron chi connectivity index (χ4n) is 2.54. The zero-order valence-corrected chi connectivity index (χ0v) is 12.6. The van der Waals surface area contributed by atoms with E-state index < -0.39 is 0 Å². The van der Waals surface area contributed by atoms with Crippen molar-refractivity contribution in [3.8, 4) is 0 Å². The maximum atomic E-state index is 12.6. The summed E-state index contributed by atoms with van der Waals surface area (Å²) in [6.45, 7) is 1.21. The zero-order chi connectivity index (χ0) is 14.4. The van der Waals surface area contributed by atoms with Crippen LogP contribution < -0.4 is 0 Å². The summed E-state index contributed by atoms with van der Waals surface area (Å²) in [6.07, 6.45) is 5.88. The lowest BCUT2D eigenvalue weighted by Crippen LogP contribution is -2.35. The molecule has 0 atom stereocenters. The Bertz CT molecular complexity index is 838. The Morgan fingerprint density at radius 3 is 3.24 bits per heavy atom. The van der Waals surface area contributed by atoms with Crippen molar-refractivity contribution in [2.45, 2.75) is 13.0 Å². The molecule has 1 aliphatic rings. The Balaban J connectivity index is 1.64. The number of carbonyl (C=O) groups excluding carboxylic acids is 1. The van der Waals surface area contributed by atoms with E-state index in [9.17, 15) is 4.79 Å². The molecule has 0 radical (unpaired) electrons. The summed E-state index contributed by atoms with van der Waals surface area (Å²) in [5.41, 5.74) is 2.13. The maximum Gasteiger partial charge on any atom is 0.274 e. The predicted octanol–water partition coefficient (Wildman–Crippen LogP) is 2.28. The molecule has 0 aromatic carbocycles. The van der Waals surface area contributed by atoms with Gasteiger partial charge in [-0.25, -0.2) is 9.50 Å². The van der Waals surface area contributed by atoms with Crippen LogP contribution in [0.5, 0.6) is 0 Å². The third-order valence-corrected chi connectivity index (χ3v) is 4.01. The lowest BCUT2D eigenvalue weighted by atomic mass is 10.1. The number of carbonyl (C=O) groups is 1. The molecule has 4 heterocycles. The van der Waals surface area contributed by atoms with Crippen LogP contribution in [0.2, 0.25) is 0 Å². The molecule has 1 aliphatic heterocycles. The molecule has 6 nitrogen and oxygen atoms in total. The lowest BCUT2D eigenvalue weighted by molar-refractivity contribution is 0.0723. The van der Waals surface area contributed by atoms with Gasteiger partial charge in [-0.1, -0.05) is 0 Å². The van der Waals surface area contributed by atoms with Crippen molar-refractivity contribution < 1.29 is 9.21 Å². The Morgan fingerprint density at radius 1 is 1.43 bits per heavy atom. The van der Waals surface area contributed by atoms with Crippen LogP contribution in [0.25, 0.3) is 5.65 Å². The maximum absolute atomic E-state index is 12.6. The minimum atomic E-state index is -0.0801. The Morgan fingerprint density at radius 2 is 2.33 bits per heavy atom. The first-order chi connectivity index (χ1) is 10.2. The molecular formula is C14H11BrN4O2. The van der Waals surface area contributed by atoms with Gasteiger partial charge in [0.15, 0.2) is 11.3 Å². The highest BCUT2D eigenvalue weighted by molar-refractivity contribution is 9.10. The molecule has 1 amide bonds. The van der Waals surface area contributed by atoms with Crippen LogP contribution >= 0.6 is 15.9 Å². The monoisotopic (exact) mass is 346 g/mol. The molecule has 3 aromatic rings. The van der Waals surface area contributed by atoms with Gasteiger partial charge < -0.3 is 9.32 Å². The van der Waals surface area contributed by atoms with Gasteiger partial charge in [0.05, 0.1) is 10.7 Å². The number of hydrogen-bond donors (Lipinski definition) is 0. The third kappa shape index (κ3) is 2.13. The van der Waals surface area contributed by atoms with Gasteiger partial charge in [0.2, 0.25) is 0 Å². The number of hydrogen-bond acceptors (Lipinski definition) is 4. The SMILES string of the molecule is O=C(c1cc2ncc(Br)cn2n1)N1CCc2occc2C1. The van der Waals surface area contributed by atoms with Gasteiger partial charge in [0.1, 0.15) is 5.76 Å². The molecule has 3 aromatic heterocycles. The Labute approximate surface area is 128 Å². The van der Waals surface area contributed by atoms with Crippen LogP contribution in [-0.4, -0.2) is 31.9 Å². The van der Waals surface area contributed by atoms with Crippen LogP contribution in [0.1, 0.15) is 21.8 Å². The molecule has 0 fully saturated rings. The summed E-state index contributed by atoms with van der Waals surface area (Å²) < 4.78 is 7.80. The average Bonchev–Trinajstić information content (AvgIpc) is 3.11. The first-order valence-corrected chi connectivity index (χ1v) is 7.35. The van der Waals surface area contributed by atoms with E-state index in [1.54, 1.807) is 34.1 Å². The Kier molecular flexibility index (Phi) is 2.81.